The van der Waals surface area contributed by atoms with Crippen LogP contribution in [0.4, 0.5) is 0 Å². The maximum absolute atomic E-state index is 6.40. The molecule has 0 bridgehead atoms. The van der Waals surface area contributed by atoms with E-state index in [1.165, 1.54) is 24.8 Å². The first kappa shape index (κ1) is 17.8. The van der Waals surface area contributed by atoms with Crippen molar-refractivity contribution < 1.29 is 4.43 Å². The third-order valence-corrected chi connectivity index (χ3v) is 9.00. The normalized spacial score (nSPS) is 12.6. The highest BCUT2D eigenvalue weighted by Crippen LogP contribution is 2.38. The fourth-order valence-electron chi connectivity index (χ4n) is 1.85. The molecule has 1 nitrogen and oxygen atoms in total. The molecule has 0 saturated heterocycles. The van der Waals surface area contributed by atoms with Gasteiger partial charge < -0.3 is 4.43 Å². The zero-order chi connectivity index (χ0) is 15.4. The van der Waals surface area contributed by atoms with Gasteiger partial charge >= 0.3 is 0 Å². The largest absolute Gasteiger partial charge is 0.543 e. The second-order valence-corrected chi connectivity index (χ2v) is 12.8. The van der Waals surface area contributed by atoms with Gasteiger partial charge in [-0.2, -0.15) is 0 Å². The molecule has 1 rings (SSSR count). The highest BCUT2D eigenvalue weighted by molar-refractivity contribution is 9.10. The summed E-state index contributed by atoms with van der Waals surface area (Å²) in [7, 11) is -1.75. The van der Waals surface area contributed by atoms with Crippen LogP contribution in [-0.4, -0.2) is 8.32 Å². The average molecular weight is 357 g/mol. The number of halogens is 1. The average Bonchev–Trinajstić information content (AvgIpc) is 2.26. The van der Waals surface area contributed by atoms with Crippen molar-refractivity contribution in [2.24, 2.45) is 0 Å². The fourth-order valence-corrected chi connectivity index (χ4v) is 3.38. The lowest BCUT2D eigenvalue weighted by Gasteiger charge is -2.36. The van der Waals surface area contributed by atoms with Gasteiger partial charge in [-0.05, 0) is 54.7 Å². The number of hydrogen-bond donors (Lipinski definition) is 0. The Balaban J connectivity index is 2.85. The van der Waals surface area contributed by atoms with Crippen molar-refractivity contribution in [3.8, 4) is 5.75 Å². The van der Waals surface area contributed by atoms with E-state index >= 15 is 0 Å². The molecular weight excluding hydrogens is 328 g/mol. The Morgan fingerprint density at radius 3 is 2.30 bits per heavy atom. The molecule has 20 heavy (non-hydrogen) atoms. The van der Waals surface area contributed by atoms with Crippen LogP contribution < -0.4 is 4.43 Å². The van der Waals surface area contributed by atoms with Crippen LogP contribution in [0.2, 0.25) is 18.1 Å². The first-order valence-corrected chi connectivity index (χ1v) is 11.3. The molecule has 0 heterocycles. The molecule has 0 aromatic heterocycles. The van der Waals surface area contributed by atoms with Gasteiger partial charge in [-0.3, -0.25) is 0 Å². The van der Waals surface area contributed by atoms with E-state index in [1.807, 2.05) is 0 Å². The van der Waals surface area contributed by atoms with Crippen LogP contribution in [0.3, 0.4) is 0 Å². The van der Waals surface area contributed by atoms with Crippen LogP contribution in [0, 0.1) is 0 Å². The number of rotatable bonds is 6. The summed E-state index contributed by atoms with van der Waals surface area (Å²) in [5, 5.41) is 0.234. The lowest BCUT2D eigenvalue weighted by atomic mass is 10.1. The minimum atomic E-state index is -1.75. The Morgan fingerprint density at radius 1 is 1.10 bits per heavy atom. The predicted octanol–water partition coefficient (Wildman–Crippen LogP) is 6.57. The van der Waals surface area contributed by atoms with Crippen LogP contribution in [-0.2, 0) is 6.42 Å². The summed E-state index contributed by atoms with van der Waals surface area (Å²) in [5.41, 5.74) is 1.38. The van der Waals surface area contributed by atoms with Gasteiger partial charge in [0.2, 0.25) is 8.32 Å². The fraction of sp³-hybridized carbons (Fsp3) is 0.647. The molecule has 0 amide bonds. The van der Waals surface area contributed by atoms with E-state index in [9.17, 15) is 0 Å². The molecule has 0 spiro atoms. The van der Waals surface area contributed by atoms with Crippen molar-refractivity contribution in [3.05, 3.63) is 28.2 Å². The molecule has 114 valence electrons. The number of unbranched alkanes of at least 4 members (excludes halogenated alkanes) is 2. The van der Waals surface area contributed by atoms with E-state index < -0.39 is 8.32 Å². The molecule has 0 aliphatic rings. The van der Waals surface area contributed by atoms with Crippen molar-refractivity contribution in [3.63, 3.8) is 0 Å². The molecule has 0 unspecified atom stereocenters. The minimum absolute atomic E-state index is 0.234. The van der Waals surface area contributed by atoms with Crippen molar-refractivity contribution in [2.75, 3.05) is 0 Å². The molecule has 3 heteroatoms. The van der Waals surface area contributed by atoms with Crippen molar-refractivity contribution in [2.45, 2.75) is 71.5 Å². The quantitative estimate of drug-likeness (QED) is 0.413. The molecule has 0 radical (unpaired) electrons. The molecular formula is C17H29BrOSi. The summed E-state index contributed by atoms with van der Waals surface area (Å²) in [5.74, 6) is 1.03. The lowest BCUT2D eigenvalue weighted by molar-refractivity contribution is 0.491. The third kappa shape index (κ3) is 5.25. The number of aryl methyl sites for hydroxylation is 1. The maximum atomic E-state index is 6.40. The summed E-state index contributed by atoms with van der Waals surface area (Å²) in [4.78, 5) is 0. The van der Waals surface area contributed by atoms with Crippen molar-refractivity contribution in [1.29, 1.82) is 0 Å². The van der Waals surface area contributed by atoms with E-state index in [0.29, 0.717) is 0 Å². The van der Waals surface area contributed by atoms with Gasteiger partial charge in [-0.25, -0.2) is 0 Å². The molecule has 0 N–H and O–H groups in total. The van der Waals surface area contributed by atoms with Gasteiger partial charge in [-0.1, -0.05) is 56.5 Å². The van der Waals surface area contributed by atoms with E-state index in [2.05, 4.69) is 74.9 Å². The summed E-state index contributed by atoms with van der Waals surface area (Å²) < 4.78 is 7.53. The maximum Gasteiger partial charge on any atom is 0.250 e. The highest BCUT2D eigenvalue weighted by Gasteiger charge is 2.39. The van der Waals surface area contributed by atoms with E-state index in [-0.39, 0.29) is 5.04 Å². The molecule has 1 aromatic carbocycles. The predicted molar refractivity (Wildman–Crippen MR) is 95.2 cm³/mol. The van der Waals surface area contributed by atoms with Gasteiger partial charge in [0.15, 0.2) is 0 Å². The van der Waals surface area contributed by atoms with Crippen LogP contribution in [0.25, 0.3) is 0 Å². The molecule has 0 saturated carbocycles. The zero-order valence-electron chi connectivity index (χ0n) is 13.8. The first-order valence-electron chi connectivity index (χ1n) is 7.64. The number of benzene rings is 1. The monoisotopic (exact) mass is 356 g/mol. The summed E-state index contributed by atoms with van der Waals surface area (Å²) in [6.07, 6.45) is 4.96. The summed E-state index contributed by atoms with van der Waals surface area (Å²) in [6.45, 7) is 13.7. The third-order valence-electron chi connectivity index (χ3n) is 4.18. The Bertz CT molecular complexity index is 435. The topological polar surface area (TPSA) is 9.23 Å². The van der Waals surface area contributed by atoms with Gasteiger partial charge in [0.25, 0.3) is 0 Å². The Kier molecular flexibility index (Phi) is 6.33. The van der Waals surface area contributed by atoms with E-state index in [1.54, 1.807) is 0 Å². The Morgan fingerprint density at radius 2 is 1.75 bits per heavy atom. The molecule has 0 aliphatic carbocycles. The summed E-state index contributed by atoms with van der Waals surface area (Å²) in [6, 6.07) is 6.54. The van der Waals surface area contributed by atoms with Crippen LogP contribution in [0.5, 0.6) is 5.75 Å². The molecule has 0 atom stereocenters. The second-order valence-electron chi connectivity index (χ2n) is 7.11. The second kappa shape index (κ2) is 7.12. The molecule has 1 aromatic rings. The standard InChI is InChI=1S/C17H29BrOSi/c1-7-8-9-10-14-11-15(18)13-16(12-14)19-20(5,6)17(2,3)4/h11-13H,7-10H2,1-6H3. The highest BCUT2D eigenvalue weighted by atomic mass is 79.9. The van der Waals surface area contributed by atoms with Gasteiger partial charge in [0.1, 0.15) is 5.75 Å². The van der Waals surface area contributed by atoms with Gasteiger partial charge in [-0.15, -0.1) is 0 Å². The molecule has 0 fully saturated rings. The summed E-state index contributed by atoms with van der Waals surface area (Å²) >= 11 is 3.62. The van der Waals surface area contributed by atoms with Crippen molar-refractivity contribution in [1.82, 2.24) is 0 Å². The Labute approximate surface area is 134 Å². The van der Waals surface area contributed by atoms with Crippen LogP contribution in [0.15, 0.2) is 22.7 Å². The van der Waals surface area contributed by atoms with Crippen LogP contribution in [0.1, 0.15) is 52.5 Å². The smallest absolute Gasteiger partial charge is 0.250 e. The van der Waals surface area contributed by atoms with Crippen molar-refractivity contribution >= 4 is 24.2 Å². The van der Waals surface area contributed by atoms with Gasteiger partial charge in [0, 0.05) is 4.47 Å². The lowest BCUT2D eigenvalue weighted by Crippen LogP contribution is -2.43. The SMILES string of the molecule is CCCCCc1cc(Br)cc(O[Si](C)(C)C(C)(C)C)c1. The van der Waals surface area contributed by atoms with Crippen LogP contribution >= 0.6 is 15.9 Å². The van der Waals surface area contributed by atoms with E-state index in [4.69, 9.17) is 4.43 Å². The number of hydrogen-bond acceptors (Lipinski definition) is 1. The molecule has 0 aliphatic heterocycles. The first-order chi connectivity index (χ1) is 9.15. The van der Waals surface area contributed by atoms with Gasteiger partial charge in [0.05, 0.1) is 0 Å². The Hall–Kier alpha value is -0.283. The van der Waals surface area contributed by atoms with E-state index in [0.717, 1.165) is 16.6 Å². The zero-order valence-corrected chi connectivity index (χ0v) is 16.4. The minimum Gasteiger partial charge on any atom is -0.543 e.